The first-order valence-corrected chi connectivity index (χ1v) is 11.4. The zero-order valence-electron chi connectivity index (χ0n) is 19.9. The number of halogens is 3. The normalized spacial score (nSPS) is 10.7. The number of aromatic nitrogens is 4. The van der Waals surface area contributed by atoms with Crippen molar-refractivity contribution in [3.63, 3.8) is 0 Å². The molecule has 188 valence electrons. The van der Waals surface area contributed by atoms with Crippen LogP contribution in [0.5, 0.6) is 0 Å². The van der Waals surface area contributed by atoms with Crippen LogP contribution in [0.1, 0.15) is 16.1 Å². The Morgan fingerprint density at radius 1 is 0.789 bits per heavy atom. The molecule has 2 aromatic carbocycles. The molecule has 10 heteroatoms. The van der Waals surface area contributed by atoms with E-state index in [1.165, 1.54) is 36.7 Å². The van der Waals surface area contributed by atoms with E-state index in [0.29, 0.717) is 17.0 Å². The van der Waals surface area contributed by atoms with Crippen molar-refractivity contribution in [3.8, 4) is 22.4 Å². The number of amides is 1. The summed E-state index contributed by atoms with van der Waals surface area (Å²) in [7, 11) is 0. The van der Waals surface area contributed by atoms with Gasteiger partial charge in [0.1, 0.15) is 5.69 Å². The lowest BCUT2D eigenvalue weighted by Gasteiger charge is -2.20. The molecule has 0 saturated carbocycles. The average Bonchev–Trinajstić information content (AvgIpc) is 2.96. The molecule has 7 nitrogen and oxygen atoms in total. The molecule has 2 N–H and O–H groups in total. The molecule has 0 saturated heterocycles. The third kappa shape index (κ3) is 4.79. The van der Waals surface area contributed by atoms with Gasteiger partial charge in [0.2, 0.25) is 5.95 Å². The van der Waals surface area contributed by atoms with Crippen LogP contribution >= 0.6 is 0 Å². The summed E-state index contributed by atoms with van der Waals surface area (Å²) in [5.41, 5.74) is 0.667. The second-order valence-corrected chi connectivity index (χ2v) is 8.16. The molecule has 3 aromatic heterocycles. The van der Waals surface area contributed by atoms with E-state index in [1.54, 1.807) is 55.7 Å². The van der Waals surface area contributed by atoms with Crippen molar-refractivity contribution in [1.29, 1.82) is 0 Å². The van der Waals surface area contributed by atoms with Gasteiger partial charge in [0, 0.05) is 52.7 Å². The summed E-state index contributed by atoms with van der Waals surface area (Å²) in [6.07, 6.45) is 6.14. The van der Waals surface area contributed by atoms with Gasteiger partial charge in [-0.25, -0.2) is 23.1 Å². The Kier molecular flexibility index (Phi) is 6.77. The molecule has 0 unspecified atom stereocenters. The van der Waals surface area contributed by atoms with Crippen LogP contribution in [0, 0.1) is 24.4 Å². The number of carbonyl (C=O) groups excluding carboxylic acids is 1. The van der Waals surface area contributed by atoms with Gasteiger partial charge < -0.3 is 10.6 Å². The van der Waals surface area contributed by atoms with Gasteiger partial charge in [-0.05, 0) is 43.3 Å². The zero-order chi connectivity index (χ0) is 26.6. The lowest BCUT2D eigenvalue weighted by atomic mass is 9.99. The van der Waals surface area contributed by atoms with Gasteiger partial charge >= 0.3 is 0 Å². The van der Waals surface area contributed by atoms with Crippen LogP contribution in [0.25, 0.3) is 22.4 Å². The van der Waals surface area contributed by atoms with E-state index in [1.807, 2.05) is 0 Å². The number of hydrogen-bond acceptors (Lipinski definition) is 6. The Hall–Kier alpha value is -5.12. The molecule has 0 atom stereocenters. The van der Waals surface area contributed by atoms with Crippen LogP contribution in [0.15, 0.2) is 85.5 Å². The lowest BCUT2D eigenvalue weighted by molar-refractivity contribution is 0.102. The fourth-order valence-corrected chi connectivity index (χ4v) is 3.89. The molecular weight excluding hydrogens is 493 g/mol. The monoisotopic (exact) mass is 512 g/mol. The van der Waals surface area contributed by atoms with Crippen LogP contribution in [0.4, 0.5) is 30.5 Å². The van der Waals surface area contributed by atoms with Crippen molar-refractivity contribution in [3.05, 3.63) is 114 Å². The molecule has 0 fully saturated rings. The highest BCUT2D eigenvalue weighted by atomic mass is 19.2. The highest BCUT2D eigenvalue weighted by Gasteiger charge is 2.29. The van der Waals surface area contributed by atoms with E-state index in [9.17, 15) is 9.18 Å². The van der Waals surface area contributed by atoms with Crippen LogP contribution in [-0.4, -0.2) is 25.8 Å². The number of nitrogens with one attached hydrogen (secondary N) is 2. The van der Waals surface area contributed by atoms with E-state index in [-0.39, 0.29) is 28.3 Å². The number of benzene rings is 2. The molecular formula is C28H19F3N6O. The Bertz CT molecular complexity index is 1630. The predicted molar refractivity (Wildman–Crippen MR) is 137 cm³/mol. The topological polar surface area (TPSA) is 92.7 Å². The van der Waals surface area contributed by atoms with Crippen molar-refractivity contribution >= 4 is 23.2 Å². The summed E-state index contributed by atoms with van der Waals surface area (Å²) in [6.45, 7) is 1.60. The number of rotatable bonds is 6. The molecule has 5 rings (SSSR count). The molecule has 3 heterocycles. The lowest BCUT2D eigenvalue weighted by Crippen LogP contribution is -2.17. The van der Waals surface area contributed by atoms with Crippen molar-refractivity contribution in [2.24, 2.45) is 0 Å². The smallest absolute Gasteiger partial charge is 0.255 e. The maximum absolute atomic E-state index is 15.4. The van der Waals surface area contributed by atoms with Gasteiger partial charge in [-0.15, -0.1) is 0 Å². The number of pyridine rings is 2. The average molecular weight is 512 g/mol. The van der Waals surface area contributed by atoms with Gasteiger partial charge in [0.05, 0.1) is 11.4 Å². The highest BCUT2D eigenvalue weighted by molar-refractivity contribution is 6.07. The first kappa shape index (κ1) is 24.6. The summed E-state index contributed by atoms with van der Waals surface area (Å²) in [5.74, 6) is -5.56. The van der Waals surface area contributed by atoms with E-state index in [0.717, 1.165) is 0 Å². The Morgan fingerprint density at radius 2 is 1.58 bits per heavy atom. The maximum atomic E-state index is 15.4. The highest BCUT2D eigenvalue weighted by Crippen LogP contribution is 2.42. The van der Waals surface area contributed by atoms with Crippen LogP contribution in [0.3, 0.4) is 0 Å². The molecule has 0 radical (unpaired) electrons. The van der Waals surface area contributed by atoms with Crippen molar-refractivity contribution in [2.75, 3.05) is 10.6 Å². The van der Waals surface area contributed by atoms with Crippen LogP contribution in [0.2, 0.25) is 0 Å². The van der Waals surface area contributed by atoms with Crippen LogP contribution in [-0.2, 0) is 0 Å². The number of nitrogens with zero attached hydrogens (tertiary/aromatic N) is 4. The van der Waals surface area contributed by atoms with E-state index in [4.69, 9.17) is 0 Å². The van der Waals surface area contributed by atoms with Gasteiger partial charge in [0.15, 0.2) is 17.5 Å². The molecule has 0 aliphatic rings. The molecule has 1 amide bonds. The van der Waals surface area contributed by atoms with Gasteiger partial charge in [-0.1, -0.05) is 24.3 Å². The van der Waals surface area contributed by atoms with E-state index < -0.39 is 29.0 Å². The Balaban J connectivity index is 1.69. The molecule has 0 aliphatic carbocycles. The van der Waals surface area contributed by atoms with Gasteiger partial charge in [-0.2, -0.15) is 0 Å². The van der Waals surface area contributed by atoms with Crippen molar-refractivity contribution < 1.29 is 18.0 Å². The standard InChI is InChI=1S/C28H19F3N6O/c1-16-19(10-6-13-33-16)21-22(29)23(30)24(31)26(36-27(38)17-7-3-2-4-8-17)25(21)37-28-34-14-11-20(35-28)18-9-5-12-32-15-18/h2-15H,1H3,(H,36,38)(H,34,35,37). The molecule has 38 heavy (non-hydrogen) atoms. The number of carbonyl (C=O) groups is 1. The van der Waals surface area contributed by atoms with Crippen molar-refractivity contribution in [1.82, 2.24) is 19.9 Å². The minimum Gasteiger partial charge on any atom is -0.322 e. The fraction of sp³-hybridized carbons (Fsp3) is 0.0357. The summed E-state index contributed by atoms with van der Waals surface area (Å²) in [5, 5.41) is 5.20. The Labute approximate surface area is 215 Å². The number of hydrogen-bond donors (Lipinski definition) is 2. The predicted octanol–water partition coefficient (Wildman–Crippen LogP) is 6.32. The largest absolute Gasteiger partial charge is 0.322 e. The van der Waals surface area contributed by atoms with E-state index in [2.05, 4.69) is 30.6 Å². The van der Waals surface area contributed by atoms with Crippen molar-refractivity contribution in [2.45, 2.75) is 6.92 Å². The minimum atomic E-state index is -1.75. The second kappa shape index (κ2) is 10.5. The van der Waals surface area contributed by atoms with E-state index >= 15 is 8.78 Å². The summed E-state index contributed by atoms with van der Waals surface area (Å²) >= 11 is 0. The van der Waals surface area contributed by atoms with Gasteiger partial charge in [-0.3, -0.25) is 14.8 Å². The summed E-state index contributed by atoms with van der Waals surface area (Å²) in [6, 6.07) is 16.2. The fourth-order valence-electron chi connectivity index (χ4n) is 3.89. The first-order chi connectivity index (χ1) is 18.4. The van der Waals surface area contributed by atoms with Gasteiger partial charge in [0.25, 0.3) is 5.91 Å². The number of aryl methyl sites for hydroxylation is 1. The first-order valence-electron chi connectivity index (χ1n) is 11.4. The molecule has 0 spiro atoms. The summed E-state index contributed by atoms with van der Waals surface area (Å²) < 4.78 is 45.7. The SMILES string of the molecule is Cc1ncccc1-c1c(F)c(F)c(F)c(NC(=O)c2ccccc2)c1Nc1nccc(-c2cccnc2)n1. The second-order valence-electron chi connectivity index (χ2n) is 8.16. The zero-order valence-corrected chi connectivity index (χ0v) is 19.9. The third-order valence-electron chi connectivity index (χ3n) is 5.72. The Morgan fingerprint density at radius 3 is 2.32 bits per heavy atom. The van der Waals surface area contributed by atoms with Crippen LogP contribution < -0.4 is 10.6 Å². The molecule has 0 aliphatic heterocycles. The molecule has 5 aromatic rings. The quantitative estimate of drug-likeness (QED) is 0.259. The minimum absolute atomic E-state index is 0.0465. The third-order valence-corrected chi connectivity index (χ3v) is 5.72. The molecule has 0 bridgehead atoms. The maximum Gasteiger partial charge on any atom is 0.255 e. The number of anilines is 3. The summed E-state index contributed by atoms with van der Waals surface area (Å²) in [4.78, 5) is 29.8.